The number of carbonyl (C=O) groups excluding carboxylic acids is 1. The van der Waals surface area contributed by atoms with Crippen LogP contribution in [0, 0.1) is 0 Å². The van der Waals surface area contributed by atoms with Crippen LogP contribution in [0.2, 0.25) is 0 Å². The number of ether oxygens (including phenoxy) is 2. The van der Waals surface area contributed by atoms with E-state index in [4.69, 9.17) is 9.47 Å². The molecule has 1 amide bonds. The summed E-state index contributed by atoms with van der Waals surface area (Å²) in [6.45, 7) is 3.31. The number of carbonyl (C=O) groups is 1. The highest BCUT2D eigenvalue weighted by Gasteiger charge is 2.46. The van der Waals surface area contributed by atoms with Gasteiger partial charge in [-0.3, -0.25) is 9.69 Å². The number of rotatable bonds is 5. The van der Waals surface area contributed by atoms with Crippen LogP contribution >= 0.6 is 0 Å². The highest BCUT2D eigenvalue weighted by molar-refractivity contribution is 5.95. The van der Waals surface area contributed by atoms with Gasteiger partial charge < -0.3 is 19.7 Å². The molecule has 3 aromatic carbocycles. The topological polar surface area (TPSA) is 54.0 Å². The Morgan fingerprint density at radius 3 is 2.47 bits per heavy atom. The zero-order valence-electron chi connectivity index (χ0n) is 19.5. The van der Waals surface area contributed by atoms with Crippen molar-refractivity contribution in [2.24, 2.45) is 0 Å². The number of hydrogen-bond acceptors (Lipinski definition) is 5. The van der Waals surface area contributed by atoms with Crippen LogP contribution in [0.1, 0.15) is 27.4 Å². The third-order valence-corrected chi connectivity index (χ3v) is 7.19. The van der Waals surface area contributed by atoms with Gasteiger partial charge in [-0.2, -0.15) is 0 Å². The van der Waals surface area contributed by atoms with E-state index in [-0.39, 0.29) is 5.91 Å². The third-order valence-electron chi connectivity index (χ3n) is 7.19. The van der Waals surface area contributed by atoms with Gasteiger partial charge in [0.1, 0.15) is 0 Å². The van der Waals surface area contributed by atoms with Crippen molar-refractivity contribution >= 4 is 5.91 Å². The molecule has 0 saturated carbocycles. The molecular formula is C28H29N3O3. The maximum atomic E-state index is 12.3. The first kappa shape index (κ1) is 21.2. The SMILES string of the molecule is CN(C)C(=O)c1cccc(-c2ccc(C3[C@@H]4CN(Cc5ccc6c(c5)OCO6)C[C@H]3N4)cc2)c1. The summed E-state index contributed by atoms with van der Waals surface area (Å²) < 4.78 is 11.0. The summed E-state index contributed by atoms with van der Waals surface area (Å²) in [7, 11) is 3.56. The van der Waals surface area contributed by atoms with E-state index in [1.807, 2.05) is 24.3 Å². The van der Waals surface area contributed by atoms with Crippen LogP contribution in [0.25, 0.3) is 11.1 Å². The van der Waals surface area contributed by atoms with E-state index in [1.54, 1.807) is 19.0 Å². The first-order valence-corrected chi connectivity index (χ1v) is 11.8. The van der Waals surface area contributed by atoms with Crippen LogP contribution in [-0.2, 0) is 6.54 Å². The van der Waals surface area contributed by atoms with Crippen LogP contribution < -0.4 is 14.8 Å². The van der Waals surface area contributed by atoms with Crippen molar-refractivity contribution in [3.8, 4) is 22.6 Å². The molecule has 174 valence electrons. The molecule has 4 aliphatic rings. The van der Waals surface area contributed by atoms with Crippen molar-refractivity contribution in [3.63, 3.8) is 0 Å². The Labute approximate surface area is 200 Å². The smallest absolute Gasteiger partial charge is 0.253 e. The van der Waals surface area contributed by atoms with E-state index in [0.29, 0.717) is 30.4 Å². The molecule has 0 spiro atoms. The number of fused-ring (bicyclic) bond motifs is 3. The number of piperidine rings is 1. The minimum absolute atomic E-state index is 0.0251. The van der Waals surface area contributed by atoms with Crippen LogP contribution in [0.4, 0.5) is 0 Å². The highest BCUT2D eigenvalue weighted by Crippen LogP contribution is 2.39. The standard InChI is InChI=1S/C28H29N3O3/c1-30(2)28(32)22-5-3-4-21(13-22)19-7-9-20(10-8-19)27-23-15-31(16-24(27)29-23)14-18-6-11-25-26(12-18)34-17-33-25/h3-13,23-24,27,29H,14-17H2,1-2H3/t23-,24+,27?. The molecule has 0 aromatic heterocycles. The van der Waals surface area contributed by atoms with E-state index in [1.165, 1.54) is 11.1 Å². The quantitative estimate of drug-likeness (QED) is 0.636. The minimum Gasteiger partial charge on any atom is -0.454 e. The lowest BCUT2D eigenvalue weighted by atomic mass is 9.74. The van der Waals surface area contributed by atoms with Gasteiger partial charge in [0.25, 0.3) is 5.91 Å². The molecule has 4 aliphatic heterocycles. The largest absolute Gasteiger partial charge is 0.454 e. The number of nitrogens with zero attached hydrogens (tertiary/aromatic N) is 2. The molecule has 0 aliphatic carbocycles. The predicted octanol–water partition coefficient (Wildman–Crippen LogP) is 3.72. The average Bonchev–Trinajstić information content (AvgIpc) is 3.32. The Bertz CT molecular complexity index is 1210. The Hall–Kier alpha value is -3.35. The monoisotopic (exact) mass is 455 g/mol. The molecule has 1 N–H and O–H groups in total. The van der Waals surface area contributed by atoms with Gasteiger partial charge in [-0.05, 0) is 46.5 Å². The maximum absolute atomic E-state index is 12.3. The summed E-state index contributed by atoms with van der Waals surface area (Å²) in [6, 6.07) is 24.0. The molecule has 3 fully saturated rings. The number of benzene rings is 3. The van der Waals surface area contributed by atoms with E-state index in [2.05, 4.69) is 52.7 Å². The molecular weight excluding hydrogens is 426 g/mol. The van der Waals surface area contributed by atoms with Crippen LogP contribution in [0.5, 0.6) is 11.5 Å². The number of nitrogens with one attached hydrogen (secondary N) is 1. The lowest BCUT2D eigenvalue weighted by Crippen LogP contribution is -2.71. The van der Waals surface area contributed by atoms with Crippen molar-refractivity contribution < 1.29 is 14.3 Å². The Morgan fingerprint density at radius 2 is 1.71 bits per heavy atom. The molecule has 2 bridgehead atoms. The molecule has 6 nitrogen and oxygen atoms in total. The molecule has 6 heteroatoms. The third kappa shape index (κ3) is 3.83. The second-order valence-electron chi connectivity index (χ2n) is 9.69. The van der Waals surface area contributed by atoms with Gasteiger partial charge in [-0.1, -0.05) is 42.5 Å². The van der Waals surface area contributed by atoms with Gasteiger partial charge in [0.2, 0.25) is 6.79 Å². The lowest BCUT2D eigenvalue weighted by molar-refractivity contribution is 0.0470. The number of piperazine rings is 1. The number of hydrogen-bond donors (Lipinski definition) is 1. The maximum Gasteiger partial charge on any atom is 0.253 e. The van der Waals surface area contributed by atoms with Crippen molar-refractivity contribution in [1.82, 2.24) is 15.1 Å². The predicted molar refractivity (Wildman–Crippen MR) is 131 cm³/mol. The molecule has 1 unspecified atom stereocenters. The van der Waals surface area contributed by atoms with Gasteiger partial charge in [-0.25, -0.2) is 0 Å². The zero-order valence-corrected chi connectivity index (χ0v) is 19.5. The van der Waals surface area contributed by atoms with Gasteiger partial charge in [0.15, 0.2) is 11.5 Å². The van der Waals surface area contributed by atoms with E-state index < -0.39 is 0 Å². The second kappa shape index (κ2) is 8.46. The molecule has 0 radical (unpaired) electrons. The molecule has 3 saturated heterocycles. The Balaban J connectivity index is 1.12. The van der Waals surface area contributed by atoms with Crippen molar-refractivity contribution in [2.45, 2.75) is 24.5 Å². The molecule has 7 rings (SSSR count). The normalized spacial score (nSPS) is 22.8. The van der Waals surface area contributed by atoms with Crippen LogP contribution in [0.15, 0.2) is 66.7 Å². The van der Waals surface area contributed by atoms with Gasteiger partial charge >= 0.3 is 0 Å². The van der Waals surface area contributed by atoms with Crippen LogP contribution in [0.3, 0.4) is 0 Å². The summed E-state index contributed by atoms with van der Waals surface area (Å²) in [5, 5.41) is 3.73. The molecule has 34 heavy (non-hydrogen) atoms. The summed E-state index contributed by atoms with van der Waals surface area (Å²) >= 11 is 0. The first-order chi connectivity index (χ1) is 16.5. The second-order valence-corrected chi connectivity index (χ2v) is 9.69. The summed E-state index contributed by atoms with van der Waals surface area (Å²) in [5.41, 5.74) is 5.58. The van der Waals surface area contributed by atoms with E-state index >= 15 is 0 Å². The van der Waals surface area contributed by atoms with E-state index in [0.717, 1.165) is 42.3 Å². The van der Waals surface area contributed by atoms with Crippen molar-refractivity contribution in [3.05, 3.63) is 83.4 Å². The van der Waals surface area contributed by atoms with Crippen molar-refractivity contribution in [1.29, 1.82) is 0 Å². The first-order valence-electron chi connectivity index (χ1n) is 11.8. The van der Waals surface area contributed by atoms with Gasteiger partial charge in [-0.15, -0.1) is 0 Å². The Morgan fingerprint density at radius 1 is 0.941 bits per heavy atom. The van der Waals surface area contributed by atoms with E-state index in [9.17, 15) is 4.79 Å². The summed E-state index contributed by atoms with van der Waals surface area (Å²) in [5.74, 6) is 2.26. The van der Waals surface area contributed by atoms with Gasteiger partial charge in [0, 0.05) is 57.3 Å². The van der Waals surface area contributed by atoms with Crippen LogP contribution in [-0.4, -0.2) is 61.8 Å². The fourth-order valence-electron chi connectivity index (χ4n) is 5.49. The minimum atomic E-state index is 0.0251. The fraction of sp³-hybridized carbons (Fsp3) is 0.321. The summed E-state index contributed by atoms with van der Waals surface area (Å²) in [6.07, 6.45) is 0. The number of amides is 1. The molecule has 3 aromatic rings. The van der Waals surface area contributed by atoms with Gasteiger partial charge in [0.05, 0.1) is 0 Å². The zero-order chi connectivity index (χ0) is 23.2. The highest BCUT2D eigenvalue weighted by atomic mass is 16.7. The molecule has 3 atom stereocenters. The fourth-order valence-corrected chi connectivity index (χ4v) is 5.49. The lowest BCUT2D eigenvalue weighted by Gasteiger charge is -2.55. The van der Waals surface area contributed by atoms with Crippen molar-refractivity contribution in [2.75, 3.05) is 34.0 Å². The average molecular weight is 456 g/mol. The molecule has 4 heterocycles. The summed E-state index contributed by atoms with van der Waals surface area (Å²) in [4.78, 5) is 16.5. The Kier molecular flexibility index (Phi) is 5.27.